The lowest BCUT2D eigenvalue weighted by Crippen LogP contribution is -2.47. The fraction of sp³-hybridized carbons (Fsp3) is 0.462. The van der Waals surface area contributed by atoms with Crippen LogP contribution in [-0.4, -0.2) is 57.1 Å². The molecule has 0 saturated heterocycles. The highest BCUT2D eigenvalue weighted by atomic mass is 35.5. The number of carbonyl (C=O) groups excluding carboxylic acids is 2. The summed E-state index contributed by atoms with van der Waals surface area (Å²) in [7, 11) is -3.56. The summed E-state index contributed by atoms with van der Waals surface area (Å²) in [6.07, 6.45) is 2.30. The number of carbonyl (C=O) groups is 2. The monoisotopic (exact) mass is 537 g/mol. The first-order chi connectivity index (χ1) is 17.1. The summed E-state index contributed by atoms with van der Waals surface area (Å²) in [4.78, 5) is 27.4. The minimum Gasteiger partial charge on any atom is -0.494 e. The van der Waals surface area contributed by atoms with E-state index in [4.69, 9.17) is 16.3 Å². The van der Waals surface area contributed by atoms with E-state index >= 15 is 0 Å². The molecule has 2 amide bonds. The number of sulfonamides is 1. The second-order valence-electron chi connectivity index (χ2n) is 8.48. The number of halogens is 1. The standard InChI is InChI=1S/C26H36ClN3O5S/c1-5-17-28-26(32)20(3)29(19-21-9-11-22(27)12-10-21)25(31)8-7-18-30(36(4,33)34)23-13-15-24(16-14-23)35-6-2/h9-16,20H,5-8,17-19H2,1-4H3,(H,28,32). The van der Waals surface area contributed by atoms with Gasteiger partial charge in [-0.2, -0.15) is 0 Å². The molecular weight excluding hydrogens is 502 g/mol. The molecule has 2 rings (SSSR count). The zero-order valence-electron chi connectivity index (χ0n) is 21.4. The Hall–Kier alpha value is -2.78. The minimum absolute atomic E-state index is 0.0854. The molecule has 36 heavy (non-hydrogen) atoms. The Labute approximate surface area is 219 Å². The second kappa shape index (κ2) is 14.1. The predicted octanol–water partition coefficient (Wildman–Crippen LogP) is 4.23. The Bertz CT molecular complexity index is 1090. The third-order valence-corrected chi connectivity index (χ3v) is 7.02. The van der Waals surface area contributed by atoms with Crippen molar-refractivity contribution in [1.82, 2.24) is 10.2 Å². The molecule has 198 valence electrons. The van der Waals surface area contributed by atoms with Crippen LogP contribution in [0.25, 0.3) is 0 Å². The first-order valence-corrected chi connectivity index (χ1v) is 14.3. The number of hydrogen-bond acceptors (Lipinski definition) is 5. The third-order valence-electron chi connectivity index (χ3n) is 5.57. The largest absolute Gasteiger partial charge is 0.494 e. The van der Waals surface area contributed by atoms with Crippen LogP contribution >= 0.6 is 11.6 Å². The van der Waals surface area contributed by atoms with Crippen LogP contribution in [0.3, 0.4) is 0 Å². The quantitative estimate of drug-likeness (QED) is 0.389. The van der Waals surface area contributed by atoms with Crippen molar-refractivity contribution in [3.63, 3.8) is 0 Å². The van der Waals surface area contributed by atoms with E-state index in [-0.39, 0.29) is 31.3 Å². The average Bonchev–Trinajstić information content (AvgIpc) is 2.84. The van der Waals surface area contributed by atoms with E-state index < -0.39 is 16.1 Å². The lowest BCUT2D eigenvalue weighted by molar-refractivity contribution is -0.140. The highest BCUT2D eigenvalue weighted by molar-refractivity contribution is 7.92. The van der Waals surface area contributed by atoms with Crippen molar-refractivity contribution in [2.24, 2.45) is 0 Å². The smallest absolute Gasteiger partial charge is 0.242 e. The Morgan fingerprint density at radius 1 is 1.06 bits per heavy atom. The molecule has 1 N–H and O–H groups in total. The molecular formula is C26H36ClN3O5S. The molecule has 8 nitrogen and oxygen atoms in total. The highest BCUT2D eigenvalue weighted by Crippen LogP contribution is 2.23. The molecule has 0 aliphatic carbocycles. The summed E-state index contributed by atoms with van der Waals surface area (Å²) in [6.45, 7) is 6.94. The maximum Gasteiger partial charge on any atom is 0.242 e. The van der Waals surface area contributed by atoms with Crippen molar-refractivity contribution in [2.45, 2.75) is 52.6 Å². The van der Waals surface area contributed by atoms with Crippen molar-refractivity contribution in [2.75, 3.05) is 30.3 Å². The maximum atomic E-state index is 13.3. The molecule has 10 heteroatoms. The van der Waals surface area contributed by atoms with Crippen LogP contribution in [0.4, 0.5) is 5.69 Å². The summed E-state index contributed by atoms with van der Waals surface area (Å²) in [6, 6.07) is 13.2. The van der Waals surface area contributed by atoms with Gasteiger partial charge in [0.15, 0.2) is 0 Å². The van der Waals surface area contributed by atoms with Crippen molar-refractivity contribution in [3.8, 4) is 5.75 Å². The van der Waals surface area contributed by atoms with E-state index in [2.05, 4.69) is 5.32 Å². The first-order valence-electron chi connectivity index (χ1n) is 12.1. The lowest BCUT2D eigenvalue weighted by atomic mass is 10.1. The molecule has 0 fully saturated rings. The van der Waals surface area contributed by atoms with E-state index in [0.717, 1.165) is 18.2 Å². The summed E-state index contributed by atoms with van der Waals surface area (Å²) in [5, 5.41) is 3.42. The number of ether oxygens (including phenoxy) is 1. The van der Waals surface area contributed by atoms with Gasteiger partial charge in [-0.1, -0.05) is 30.7 Å². The predicted molar refractivity (Wildman–Crippen MR) is 144 cm³/mol. The molecule has 0 radical (unpaired) electrons. The Morgan fingerprint density at radius 3 is 2.25 bits per heavy atom. The zero-order chi connectivity index (χ0) is 26.7. The summed E-state index contributed by atoms with van der Waals surface area (Å²) in [5.41, 5.74) is 1.34. The zero-order valence-corrected chi connectivity index (χ0v) is 22.9. The summed E-state index contributed by atoms with van der Waals surface area (Å²) >= 11 is 5.99. The van der Waals surface area contributed by atoms with Crippen LogP contribution in [0.15, 0.2) is 48.5 Å². The van der Waals surface area contributed by atoms with E-state index in [1.807, 2.05) is 26.0 Å². The van der Waals surface area contributed by atoms with Gasteiger partial charge in [0.2, 0.25) is 21.8 Å². The number of anilines is 1. The average molecular weight is 538 g/mol. The number of hydrogen-bond donors (Lipinski definition) is 1. The van der Waals surface area contributed by atoms with Gasteiger partial charge in [-0.3, -0.25) is 13.9 Å². The van der Waals surface area contributed by atoms with E-state index in [0.29, 0.717) is 36.0 Å². The Balaban J connectivity index is 2.13. The topological polar surface area (TPSA) is 96.0 Å². The van der Waals surface area contributed by atoms with Gasteiger partial charge in [-0.25, -0.2) is 8.42 Å². The van der Waals surface area contributed by atoms with Gasteiger partial charge in [-0.05, 0) is 68.7 Å². The normalized spacial score (nSPS) is 12.0. The van der Waals surface area contributed by atoms with Crippen molar-refractivity contribution in [1.29, 1.82) is 0 Å². The van der Waals surface area contributed by atoms with Crippen LogP contribution in [0.5, 0.6) is 5.75 Å². The molecule has 2 aromatic carbocycles. The van der Waals surface area contributed by atoms with Crippen molar-refractivity contribution >= 4 is 39.1 Å². The first kappa shape index (κ1) is 29.5. The molecule has 0 aliphatic heterocycles. The van der Waals surface area contributed by atoms with Crippen LogP contribution in [0.2, 0.25) is 5.02 Å². The van der Waals surface area contributed by atoms with Gasteiger partial charge in [0.1, 0.15) is 11.8 Å². The van der Waals surface area contributed by atoms with Crippen molar-refractivity contribution < 1.29 is 22.7 Å². The number of benzene rings is 2. The minimum atomic E-state index is -3.56. The van der Waals surface area contributed by atoms with Gasteiger partial charge >= 0.3 is 0 Å². The Morgan fingerprint density at radius 2 is 1.69 bits per heavy atom. The molecule has 2 aromatic rings. The third kappa shape index (κ3) is 9.02. The molecule has 0 heterocycles. The van der Waals surface area contributed by atoms with Crippen LogP contribution < -0.4 is 14.4 Å². The maximum absolute atomic E-state index is 13.3. The summed E-state index contributed by atoms with van der Waals surface area (Å²) in [5.74, 6) is 0.189. The van der Waals surface area contributed by atoms with Crippen LogP contribution in [0.1, 0.15) is 45.6 Å². The molecule has 0 aliphatic rings. The number of amides is 2. The van der Waals surface area contributed by atoms with Gasteiger partial charge in [0, 0.05) is 31.1 Å². The number of nitrogens with zero attached hydrogens (tertiary/aromatic N) is 2. The van der Waals surface area contributed by atoms with Crippen LogP contribution in [0, 0.1) is 0 Å². The summed E-state index contributed by atoms with van der Waals surface area (Å²) < 4.78 is 31.6. The molecule has 0 saturated carbocycles. The van der Waals surface area contributed by atoms with Gasteiger partial charge in [0.05, 0.1) is 18.6 Å². The van der Waals surface area contributed by atoms with Gasteiger partial charge < -0.3 is 15.0 Å². The fourth-order valence-corrected chi connectivity index (χ4v) is 4.74. The molecule has 1 atom stereocenters. The second-order valence-corrected chi connectivity index (χ2v) is 10.8. The number of rotatable bonds is 14. The van der Waals surface area contributed by atoms with Crippen molar-refractivity contribution in [3.05, 3.63) is 59.1 Å². The van der Waals surface area contributed by atoms with Gasteiger partial charge in [-0.15, -0.1) is 0 Å². The molecule has 0 spiro atoms. The Kier molecular flexibility index (Phi) is 11.5. The SMILES string of the molecule is CCCNC(=O)C(C)N(Cc1ccc(Cl)cc1)C(=O)CCCN(c1ccc(OCC)cc1)S(C)(=O)=O. The van der Waals surface area contributed by atoms with Gasteiger partial charge in [0.25, 0.3) is 0 Å². The fourth-order valence-electron chi connectivity index (χ4n) is 3.64. The van der Waals surface area contributed by atoms with E-state index in [9.17, 15) is 18.0 Å². The van der Waals surface area contributed by atoms with E-state index in [1.54, 1.807) is 43.3 Å². The van der Waals surface area contributed by atoms with Crippen LogP contribution in [-0.2, 0) is 26.2 Å². The molecule has 1 unspecified atom stereocenters. The molecule has 0 aromatic heterocycles. The number of nitrogens with one attached hydrogen (secondary N) is 1. The lowest BCUT2D eigenvalue weighted by Gasteiger charge is -2.29. The molecule has 0 bridgehead atoms. The van der Waals surface area contributed by atoms with E-state index in [1.165, 1.54) is 9.21 Å². The highest BCUT2D eigenvalue weighted by Gasteiger charge is 2.26.